The van der Waals surface area contributed by atoms with Gasteiger partial charge >= 0.3 is 0 Å². The minimum Gasteiger partial charge on any atom is -0.478 e. The van der Waals surface area contributed by atoms with E-state index in [9.17, 15) is 9.50 Å². The maximum Gasteiger partial charge on any atom is 0.213 e. The largest absolute Gasteiger partial charge is 0.478 e. The number of hydrogen-bond acceptors (Lipinski definition) is 5. The fourth-order valence-corrected chi connectivity index (χ4v) is 4.82. The highest BCUT2D eigenvalue weighted by Crippen LogP contribution is 2.56. The predicted octanol–water partition coefficient (Wildman–Crippen LogP) is 5.76. The number of hydrogen-bond donors (Lipinski definition) is 1. The van der Waals surface area contributed by atoms with E-state index in [4.69, 9.17) is 9.47 Å². The first-order chi connectivity index (χ1) is 16.3. The Balaban J connectivity index is 1.24. The van der Waals surface area contributed by atoms with Gasteiger partial charge in [-0.25, -0.2) is 14.4 Å². The van der Waals surface area contributed by atoms with E-state index < -0.39 is 5.60 Å². The number of ether oxygens (including phenoxy) is 2. The third-order valence-corrected chi connectivity index (χ3v) is 6.78. The first-order valence-corrected chi connectivity index (χ1v) is 12.0. The molecule has 1 unspecified atom stereocenters. The molecular weight excluding hydrogens is 431 g/mol. The number of pyridine rings is 2. The molecule has 2 heterocycles. The fourth-order valence-electron chi connectivity index (χ4n) is 4.82. The van der Waals surface area contributed by atoms with Crippen LogP contribution >= 0.6 is 0 Å². The summed E-state index contributed by atoms with van der Waals surface area (Å²) in [4.78, 5) is 8.99. The third kappa shape index (κ3) is 5.07. The lowest BCUT2D eigenvalue weighted by Gasteiger charge is -2.16. The second-order valence-corrected chi connectivity index (χ2v) is 10.2. The van der Waals surface area contributed by atoms with Crippen molar-refractivity contribution in [2.75, 3.05) is 6.61 Å². The molecule has 1 N–H and O–H groups in total. The molecule has 5 rings (SSSR count). The van der Waals surface area contributed by atoms with E-state index in [1.807, 2.05) is 37.4 Å². The number of halogens is 1. The number of fused-ring (bicyclic) bond motifs is 3. The second-order valence-electron chi connectivity index (χ2n) is 10.2. The molecule has 0 spiro atoms. The minimum absolute atomic E-state index is 0.118. The van der Waals surface area contributed by atoms with Crippen molar-refractivity contribution in [3.8, 4) is 22.9 Å². The summed E-state index contributed by atoms with van der Waals surface area (Å²) >= 11 is 0. The lowest BCUT2D eigenvalue weighted by molar-refractivity contribution is 0.0639. The molecule has 3 aromatic rings. The molecule has 1 fully saturated rings. The summed E-state index contributed by atoms with van der Waals surface area (Å²) in [5, 5.41) is 9.80. The third-order valence-electron chi connectivity index (χ3n) is 6.78. The number of aryl methyl sites for hydroxylation is 1. The Bertz CT molecular complexity index is 1200. The van der Waals surface area contributed by atoms with Gasteiger partial charge in [0.25, 0.3) is 0 Å². The first-order valence-electron chi connectivity index (χ1n) is 12.0. The predicted molar refractivity (Wildman–Crippen MR) is 129 cm³/mol. The highest BCUT2D eigenvalue weighted by molar-refractivity contribution is 5.67. The summed E-state index contributed by atoms with van der Waals surface area (Å²) in [6.07, 6.45) is 5.73. The normalized spacial score (nSPS) is 18.4. The lowest BCUT2D eigenvalue weighted by Crippen LogP contribution is -2.19. The topological polar surface area (TPSA) is 64.5 Å². The van der Waals surface area contributed by atoms with Crippen LogP contribution in [0.5, 0.6) is 11.8 Å². The van der Waals surface area contributed by atoms with E-state index in [0.29, 0.717) is 36.3 Å². The van der Waals surface area contributed by atoms with Gasteiger partial charge in [-0.1, -0.05) is 6.07 Å². The lowest BCUT2D eigenvalue weighted by atomic mass is 10.0. The average molecular weight is 463 g/mol. The quantitative estimate of drug-likeness (QED) is 0.410. The smallest absolute Gasteiger partial charge is 0.213 e. The van der Waals surface area contributed by atoms with Crippen molar-refractivity contribution in [1.82, 2.24) is 9.97 Å². The van der Waals surface area contributed by atoms with Crippen molar-refractivity contribution in [3.05, 3.63) is 70.8 Å². The molecular formula is C28H31FN2O3. The van der Waals surface area contributed by atoms with Gasteiger partial charge in [-0.15, -0.1) is 0 Å². The van der Waals surface area contributed by atoms with Crippen LogP contribution in [0.25, 0.3) is 11.1 Å². The van der Waals surface area contributed by atoms with Crippen LogP contribution in [-0.4, -0.2) is 27.3 Å². The SMILES string of the molecule is Cc1nc(OCCCC(C)(C)O)ccc1-c1ccc(F)c(COc2cc3c(cn2)[C@@H]2CC2C3)c1. The summed E-state index contributed by atoms with van der Waals surface area (Å²) in [6.45, 7) is 6.10. The summed E-state index contributed by atoms with van der Waals surface area (Å²) in [5.74, 6) is 2.29. The number of aliphatic hydroxyl groups is 1. The summed E-state index contributed by atoms with van der Waals surface area (Å²) in [7, 11) is 0. The molecule has 178 valence electrons. The monoisotopic (exact) mass is 462 g/mol. The molecule has 2 aromatic heterocycles. The standard InChI is InChI=1S/C28H31FN2O3/c1-17-22(6-8-26(31-17)33-10-4-9-28(2,3)32)18-5-7-25(29)21(11-18)16-34-27-14-20-12-19-13-23(19)24(20)15-30-27/h5-8,11,14-15,19,23,32H,4,9-10,12-13,16H2,1-3H3/t19?,23-/m1/s1. The van der Waals surface area contributed by atoms with E-state index in [2.05, 4.69) is 9.97 Å². The van der Waals surface area contributed by atoms with E-state index in [1.54, 1.807) is 19.9 Å². The summed E-state index contributed by atoms with van der Waals surface area (Å²) in [6, 6.07) is 10.8. The van der Waals surface area contributed by atoms with Crippen LogP contribution in [0.2, 0.25) is 0 Å². The first kappa shape index (κ1) is 22.8. The van der Waals surface area contributed by atoms with E-state index in [0.717, 1.165) is 35.6 Å². The highest BCUT2D eigenvalue weighted by atomic mass is 19.1. The zero-order chi connectivity index (χ0) is 23.9. The molecule has 2 aliphatic carbocycles. The van der Waals surface area contributed by atoms with E-state index >= 15 is 0 Å². The van der Waals surface area contributed by atoms with Gasteiger partial charge in [0.05, 0.1) is 12.2 Å². The van der Waals surface area contributed by atoms with Crippen molar-refractivity contribution in [1.29, 1.82) is 0 Å². The maximum atomic E-state index is 14.5. The molecule has 34 heavy (non-hydrogen) atoms. The van der Waals surface area contributed by atoms with E-state index in [-0.39, 0.29) is 12.4 Å². The molecule has 5 nitrogen and oxygen atoms in total. The van der Waals surface area contributed by atoms with Gasteiger partial charge in [-0.2, -0.15) is 0 Å². The van der Waals surface area contributed by atoms with E-state index in [1.165, 1.54) is 23.6 Å². The fraction of sp³-hybridized carbons (Fsp3) is 0.429. The van der Waals surface area contributed by atoms with Gasteiger partial charge < -0.3 is 14.6 Å². The minimum atomic E-state index is -0.697. The van der Waals surface area contributed by atoms with Crippen LogP contribution in [0.15, 0.2) is 42.6 Å². The van der Waals surface area contributed by atoms with Crippen LogP contribution in [0.1, 0.15) is 61.4 Å². The highest BCUT2D eigenvalue weighted by Gasteiger charge is 2.45. The Kier molecular flexibility index (Phi) is 6.02. The molecule has 6 heteroatoms. The molecule has 0 bridgehead atoms. The molecule has 2 aliphatic rings. The molecule has 1 aromatic carbocycles. The number of aromatic nitrogens is 2. The van der Waals surface area contributed by atoms with Crippen molar-refractivity contribution in [2.24, 2.45) is 5.92 Å². The maximum absolute atomic E-state index is 14.5. The Morgan fingerprint density at radius 1 is 1.12 bits per heavy atom. The van der Waals surface area contributed by atoms with Crippen LogP contribution in [0.3, 0.4) is 0 Å². The van der Waals surface area contributed by atoms with Crippen molar-refractivity contribution < 1.29 is 19.0 Å². The Labute approximate surface area is 200 Å². The van der Waals surface area contributed by atoms with Gasteiger partial charge in [0.1, 0.15) is 12.4 Å². The van der Waals surface area contributed by atoms with Gasteiger partial charge in [0.2, 0.25) is 11.8 Å². The molecule has 2 atom stereocenters. The van der Waals surface area contributed by atoms with Gasteiger partial charge in [-0.05, 0) is 93.2 Å². The summed E-state index contributed by atoms with van der Waals surface area (Å²) in [5.41, 5.74) is 5.06. The van der Waals surface area contributed by atoms with Crippen molar-refractivity contribution in [2.45, 2.75) is 64.6 Å². The average Bonchev–Trinajstić information content (AvgIpc) is 3.46. The van der Waals surface area contributed by atoms with Gasteiger partial charge in [0.15, 0.2) is 0 Å². The van der Waals surface area contributed by atoms with Crippen LogP contribution < -0.4 is 9.47 Å². The molecule has 0 aliphatic heterocycles. The molecule has 0 radical (unpaired) electrons. The Morgan fingerprint density at radius 3 is 2.76 bits per heavy atom. The zero-order valence-electron chi connectivity index (χ0n) is 20.0. The molecule has 1 saturated carbocycles. The zero-order valence-corrected chi connectivity index (χ0v) is 20.0. The second kappa shape index (κ2) is 8.99. The van der Waals surface area contributed by atoms with Gasteiger partial charge in [0, 0.05) is 35.2 Å². The van der Waals surface area contributed by atoms with Crippen LogP contribution in [-0.2, 0) is 13.0 Å². The van der Waals surface area contributed by atoms with Crippen LogP contribution in [0.4, 0.5) is 4.39 Å². The van der Waals surface area contributed by atoms with Crippen LogP contribution in [0, 0.1) is 18.7 Å². The number of nitrogens with zero attached hydrogens (tertiary/aromatic N) is 2. The van der Waals surface area contributed by atoms with Crippen molar-refractivity contribution >= 4 is 0 Å². The molecule has 0 amide bonds. The Hall–Kier alpha value is -2.99. The van der Waals surface area contributed by atoms with Gasteiger partial charge in [-0.3, -0.25) is 0 Å². The number of benzene rings is 1. The summed E-state index contributed by atoms with van der Waals surface area (Å²) < 4.78 is 26.1. The number of rotatable bonds is 9. The molecule has 0 saturated heterocycles. The Morgan fingerprint density at radius 2 is 1.97 bits per heavy atom. The van der Waals surface area contributed by atoms with Crippen molar-refractivity contribution in [3.63, 3.8) is 0 Å².